The van der Waals surface area contributed by atoms with Gasteiger partial charge in [-0.3, -0.25) is 9.59 Å². The molecule has 9 heteroatoms. The molecule has 2 rings (SSSR count). The average molecular weight is 346 g/mol. The van der Waals surface area contributed by atoms with Gasteiger partial charge in [-0.25, -0.2) is 13.1 Å². The summed E-state index contributed by atoms with van der Waals surface area (Å²) >= 11 is 1.07. The van der Waals surface area contributed by atoms with E-state index in [0.717, 1.165) is 24.2 Å². The summed E-state index contributed by atoms with van der Waals surface area (Å²) in [5.41, 5.74) is 0. The largest absolute Gasteiger partial charge is 0.481 e. The van der Waals surface area contributed by atoms with Crippen LogP contribution >= 0.6 is 11.3 Å². The standard InChI is InChI=1S/C13H18N2O5S2/c1-9(13(17)18)8-15(10-4-5-10)11(16)7-14-22(19,20)12-3-2-6-21-12/h2-3,6,9-10,14H,4-5,7-8H2,1H3,(H,17,18). The first-order valence-corrected chi connectivity index (χ1v) is 9.23. The van der Waals surface area contributed by atoms with Crippen LogP contribution in [0.1, 0.15) is 19.8 Å². The number of rotatable bonds is 8. The van der Waals surface area contributed by atoms with E-state index in [1.165, 1.54) is 17.9 Å². The maximum absolute atomic E-state index is 12.2. The normalized spacial score (nSPS) is 16.2. The molecule has 0 spiro atoms. The summed E-state index contributed by atoms with van der Waals surface area (Å²) in [6, 6.07) is 3.11. The topological polar surface area (TPSA) is 104 Å². The lowest BCUT2D eigenvalue weighted by molar-refractivity contribution is -0.143. The van der Waals surface area contributed by atoms with Gasteiger partial charge in [0.1, 0.15) is 4.21 Å². The van der Waals surface area contributed by atoms with E-state index in [0.29, 0.717) is 0 Å². The van der Waals surface area contributed by atoms with Crippen molar-refractivity contribution >= 4 is 33.2 Å². The zero-order valence-corrected chi connectivity index (χ0v) is 13.7. The zero-order valence-electron chi connectivity index (χ0n) is 12.1. The second-order valence-corrected chi connectivity index (χ2v) is 8.21. The summed E-state index contributed by atoms with van der Waals surface area (Å²) in [6.07, 6.45) is 1.66. The minimum atomic E-state index is -3.69. The number of amides is 1. The first kappa shape index (κ1) is 16.9. The van der Waals surface area contributed by atoms with Gasteiger partial charge in [-0.1, -0.05) is 13.0 Å². The fourth-order valence-electron chi connectivity index (χ4n) is 1.96. The Labute approximate surface area is 133 Å². The maximum atomic E-state index is 12.2. The molecule has 0 bridgehead atoms. The second kappa shape index (κ2) is 6.76. The summed E-state index contributed by atoms with van der Waals surface area (Å²) in [4.78, 5) is 24.6. The van der Waals surface area contributed by atoms with E-state index in [1.807, 2.05) is 0 Å². The van der Waals surface area contributed by atoms with E-state index in [9.17, 15) is 18.0 Å². The molecule has 1 aliphatic rings. The summed E-state index contributed by atoms with van der Waals surface area (Å²) in [6.45, 7) is 1.27. The molecule has 122 valence electrons. The van der Waals surface area contributed by atoms with Gasteiger partial charge in [-0.15, -0.1) is 11.3 Å². The molecule has 1 fully saturated rings. The molecule has 0 aromatic carbocycles. The Bertz CT molecular complexity index is 637. The fourth-order valence-corrected chi connectivity index (χ4v) is 3.97. The number of carboxylic acid groups (broad SMARTS) is 1. The summed E-state index contributed by atoms with van der Waals surface area (Å²) < 4.78 is 26.4. The number of hydrogen-bond acceptors (Lipinski definition) is 5. The van der Waals surface area contributed by atoms with Crippen LogP contribution in [0.2, 0.25) is 0 Å². The molecule has 0 saturated heterocycles. The third-order valence-electron chi connectivity index (χ3n) is 3.37. The third kappa shape index (κ3) is 4.28. The number of sulfonamides is 1. The molecule has 1 saturated carbocycles. The summed E-state index contributed by atoms with van der Waals surface area (Å²) in [5.74, 6) is -2.05. The van der Waals surface area contributed by atoms with E-state index in [-0.39, 0.29) is 23.3 Å². The predicted molar refractivity (Wildman–Crippen MR) is 81.0 cm³/mol. The zero-order chi connectivity index (χ0) is 16.3. The van der Waals surface area contributed by atoms with Gasteiger partial charge in [0, 0.05) is 12.6 Å². The first-order valence-electron chi connectivity index (χ1n) is 6.86. The Kier molecular flexibility index (Phi) is 5.20. The molecule has 0 radical (unpaired) electrons. The quantitative estimate of drug-likeness (QED) is 0.722. The number of hydrogen-bond donors (Lipinski definition) is 2. The van der Waals surface area contributed by atoms with Crippen molar-refractivity contribution in [1.82, 2.24) is 9.62 Å². The van der Waals surface area contributed by atoms with Crippen LogP contribution in [-0.2, 0) is 19.6 Å². The number of carboxylic acids is 1. The molecule has 2 N–H and O–H groups in total. The molecule has 1 unspecified atom stereocenters. The van der Waals surface area contributed by atoms with Gasteiger partial charge in [0.2, 0.25) is 5.91 Å². The lowest BCUT2D eigenvalue weighted by Crippen LogP contribution is -2.44. The highest BCUT2D eigenvalue weighted by Gasteiger charge is 2.34. The number of carbonyl (C=O) groups is 2. The highest BCUT2D eigenvalue weighted by molar-refractivity contribution is 7.91. The van der Waals surface area contributed by atoms with Crippen LogP contribution in [-0.4, -0.2) is 49.4 Å². The maximum Gasteiger partial charge on any atom is 0.308 e. The second-order valence-electron chi connectivity index (χ2n) is 5.27. The van der Waals surface area contributed by atoms with E-state index < -0.39 is 27.8 Å². The van der Waals surface area contributed by atoms with Gasteiger partial charge in [-0.2, -0.15) is 0 Å². The average Bonchev–Trinajstić information content (AvgIpc) is 3.13. The van der Waals surface area contributed by atoms with Crippen molar-refractivity contribution in [2.45, 2.75) is 30.0 Å². The highest BCUT2D eigenvalue weighted by Crippen LogP contribution is 2.27. The molecule has 7 nitrogen and oxygen atoms in total. The number of nitrogens with zero attached hydrogens (tertiary/aromatic N) is 1. The SMILES string of the molecule is CC(CN(C(=O)CNS(=O)(=O)c1cccs1)C1CC1)C(=O)O. The van der Waals surface area contributed by atoms with Gasteiger partial charge in [0.05, 0.1) is 12.5 Å². The van der Waals surface area contributed by atoms with Crippen LogP contribution in [0.4, 0.5) is 0 Å². The molecule has 1 aromatic rings. The monoisotopic (exact) mass is 346 g/mol. The number of nitrogens with one attached hydrogen (secondary N) is 1. The minimum absolute atomic E-state index is 0.0283. The van der Waals surface area contributed by atoms with Crippen molar-refractivity contribution in [3.63, 3.8) is 0 Å². The highest BCUT2D eigenvalue weighted by atomic mass is 32.2. The van der Waals surface area contributed by atoms with E-state index >= 15 is 0 Å². The number of thiophene rings is 1. The molecule has 1 heterocycles. The van der Waals surface area contributed by atoms with Crippen molar-refractivity contribution in [3.05, 3.63) is 17.5 Å². The van der Waals surface area contributed by atoms with Gasteiger partial charge >= 0.3 is 5.97 Å². The molecular formula is C13H18N2O5S2. The molecule has 1 amide bonds. The molecule has 1 aliphatic carbocycles. The summed E-state index contributed by atoms with van der Waals surface area (Å²) in [5, 5.41) is 10.6. The third-order valence-corrected chi connectivity index (χ3v) is 6.17. The van der Waals surface area contributed by atoms with Crippen molar-refractivity contribution in [1.29, 1.82) is 0 Å². The van der Waals surface area contributed by atoms with Gasteiger partial charge in [-0.05, 0) is 24.3 Å². The molecule has 1 aromatic heterocycles. The van der Waals surface area contributed by atoms with Crippen molar-refractivity contribution in [3.8, 4) is 0 Å². The van der Waals surface area contributed by atoms with E-state index in [2.05, 4.69) is 4.72 Å². The van der Waals surface area contributed by atoms with Gasteiger partial charge in [0.25, 0.3) is 10.0 Å². The molecule has 22 heavy (non-hydrogen) atoms. The Morgan fingerprint density at radius 2 is 2.18 bits per heavy atom. The predicted octanol–water partition coefficient (Wildman–Crippen LogP) is 0.738. The Balaban J connectivity index is 1.96. The van der Waals surface area contributed by atoms with Crippen LogP contribution in [0, 0.1) is 5.92 Å². The van der Waals surface area contributed by atoms with Crippen molar-refractivity contribution in [2.75, 3.05) is 13.1 Å². The van der Waals surface area contributed by atoms with Crippen LogP contribution in [0.5, 0.6) is 0 Å². The molecule has 0 aliphatic heterocycles. The first-order chi connectivity index (χ1) is 10.3. The fraction of sp³-hybridized carbons (Fsp3) is 0.538. The lowest BCUT2D eigenvalue weighted by atomic mass is 10.1. The minimum Gasteiger partial charge on any atom is -0.481 e. The van der Waals surface area contributed by atoms with Crippen LogP contribution in [0.15, 0.2) is 21.7 Å². The smallest absolute Gasteiger partial charge is 0.308 e. The number of carbonyl (C=O) groups excluding carboxylic acids is 1. The van der Waals surface area contributed by atoms with Crippen molar-refractivity contribution < 1.29 is 23.1 Å². The van der Waals surface area contributed by atoms with Crippen LogP contribution < -0.4 is 4.72 Å². The summed E-state index contributed by atoms with van der Waals surface area (Å²) in [7, 11) is -3.69. The Hall–Kier alpha value is -1.45. The van der Waals surface area contributed by atoms with Crippen LogP contribution in [0.25, 0.3) is 0 Å². The Morgan fingerprint density at radius 1 is 1.50 bits per heavy atom. The molecule has 1 atom stereocenters. The van der Waals surface area contributed by atoms with Crippen LogP contribution in [0.3, 0.4) is 0 Å². The molecular weight excluding hydrogens is 328 g/mol. The Morgan fingerprint density at radius 3 is 2.68 bits per heavy atom. The van der Waals surface area contributed by atoms with E-state index in [4.69, 9.17) is 5.11 Å². The van der Waals surface area contributed by atoms with E-state index in [1.54, 1.807) is 11.4 Å². The number of aliphatic carboxylic acids is 1. The van der Waals surface area contributed by atoms with Gasteiger partial charge in [0.15, 0.2) is 0 Å². The van der Waals surface area contributed by atoms with Crippen molar-refractivity contribution in [2.24, 2.45) is 5.92 Å². The van der Waals surface area contributed by atoms with Gasteiger partial charge < -0.3 is 10.0 Å². The lowest BCUT2D eigenvalue weighted by Gasteiger charge is -2.24.